The standard InChI is InChI=1S/3C29H33O16P/c3*1-11-38-9-20-27(42-11)23(30)24(31)29(43-20)44-25-14-7-17-16(40-10-41-17)6-13(14)21(22-15(25)8-39-28(22)32)12-4-18(36-2)26(19(5-12)37-3)45-46(33,34)35/h3*4-7,11,15,20-25,27,29-31H,8-10H2,1-3H3,(H2,33,34,35)/t3*11-,15+,20-,21-,22+,23-,24-,25-,27-,29+/m111/s1/i2D3,3D3,9D2,21D;8D2,9D2,21D;8D2,9D2. The first-order chi connectivity index (χ1) is 72.6. The van der Waals surface area contributed by atoms with Crippen LogP contribution < -0.4 is 70.4 Å². The predicted molar refractivity (Wildman–Crippen MR) is 448 cm³/mol. The molecule has 9 saturated heterocycles. The van der Waals surface area contributed by atoms with E-state index in [1.54, 1.807) is 6.07 Å². The van der Waals surface area contributed by atoms with Crippen molar-refractivity contribution >= 4 is 41.4 Å². The second-order valence-corrected chi connectivity index (χ2v) is 36.4. The van der Waals surface area contributed by atoms with Gasteiger partial charge in [-0.05, 0) is 144 Å². The molecule has 12 heterocycles. The number of rotatable bonds is 21. The van der Waals surface area contributed by atoms with E-state index in [0.29, 0.717) is 5.56 Å². The van der Waals surface area contributed by atoms with Gasteiger partial charge in [0, 0.05) is 38.2 Å². The largest absolute Gasteiger partial charge is 0.525 e. The molecule has 6 aromatic carbocycles. The highest BCUT2D eigenvalue weighted by Gasteiger charge is 2.62. The summed E-state index contributed by atoms with van der Waals surface area (Å²) in [6.07, 6.45) is -33.0. The maximum absolute atomic E-state index is 13.8. The third-order valence-electron chi connectivity index (χ3n) is 24.9. The molecule has 21 rings (SSSR count). The number of hydrogen-bond acceptors (Lipinski definition) is 42. The van der Waals surface area contributed by atoms with Crippen LogP contribution in [0.5, 0.6) is 86.2 Å². The number of hydrogen-bond donors (Lipinski definition) is 12. The SMILES string of the molecule is [2H]C([2H])([2H])Oc1cc([C@]2([2H])c3cc4c(cc3[C@@H](O[C@@H]3O[C@H]5[C@@H](O[C@H](C)OC5([2H])[2H])[C@H](O)[C@H]3O)[C@H]3COC(=O)[C@@H]32)OCO4)cc(OC([2H])([2H])[2H])c1OP(=O)(O)O.[2H]C1([2H])OC(=O)[C@@H]2[C@H](c3cc(OC)c(OP(=O)(O)O)c(OC)c3)c3cc4c(cc3[C@@H](O[C@@H]3O[C@H]5[C@@H](O[C@H](C)OC5([2H])[2H])[C@H](O)[C@H]3O)[C@H]21)OCO4.[2H]C1([2H])OC(=O)[C@H]2[C@H]1[C@H](O[C@@H]1O[C@H]3[C@@H](O[C@H](C)OC3([2H])[2H])[C@H](O)[C@H]1O)c1cc3c(cc1[C@@]2([2H])c1cc(OC)c(OP(=O)(O)O)c(OC)c1)OCO3. The monoisotopic (exact) mass is 2020 g/mol. The highest BCUT2D eigenvalue weighted by atomic mass is 31.2. The van der Waals surface area contributed by atoms with Gasteiger partial charge in [-0.1, -0.05) is 0 Å². The van der Waals surface area contributed by atoms with Crippen molar-refractivity contribution in [2.45, 2.75) is 168 Å². The molecule has 0 radical (unpaired) electrons. The summed E-state index contributed by atoms with van der Waals surface area (Å²) < 4.78 is 351. The molecule has 9 fully saturated rings. The molecule has 51 heteroatoms. The van der Waals surface area contributed by atoms with Gasteiger partial charge in [0.1, 0.15) is 73.2 Å². The molecule has 0 unspecified atom stereocenters. The van der Waals surface area contributed by atoms with Crippen LogP contribution in [0.2, 0.25) is 0 Å². The minimum Gasteiger partial charge on any atom is -0.493 e. The first-order valence-electron chi connectivity index (χ1n) is 50.9. The number of aliphatic hydroxyl groups is 6. The van der Waals surface area contributed by atoms with Gasteiger partial charge in [-0.15, -0.1) is 0 Å². The fraction of sp³-hybridized carbons (Fsp3) is 0.552. The zero-order valence-corrected chi connectivity index (χ0v) is 75.0. The summed E-state index contributed by atoms with van der Waals surface area (Å²) in [6.45, 7) is -10.0. The lowest BCUT2D eigenvalue weighted by atomic mass is 9.66. The Morgan fingerprint density at radius 1 is 0.348 bits per heavy atom. The highest BCUT2D eigenvalue weighted by molar-refractivity contribution is 7.47. The van der Waals surface area contributed by atoms with Gasteiger partial charge in [-0.3, -0.25) is 43.7 Å². The number of esters is 3. The van der Waals surface area contributed by atoms with Crippen molar-refractivity contribution in [2.75, 3.05) is 102 Å². The predicted octanol–water partition coefficient (Wildman–Crippen LogP) is 3.31. The van der Waals surface area contributed by atoms with E-state index >= 15 is 0 Å². The number of carbonyl (C=O) groups excluding carboxylic acids is 3. The van der Waals surface area contributed by atoms with Crippen LogP contribution in [-0.4, -0.2) is 291 Å². The first kappa shape index (κ1) is 77.2. The number of cyclic esters (lactones) is 3. The smallest absolute Gasteiger partial charge is 0.493 e. The van der Waals surface area contributed by atoms with Crippen molar-refractivity contribution < 1.29 is 254 Å². The summed E-state index contributed by atoms with van der Waals surface area (Å²) >= 11 is 0. The molecule has 0 aromatic heterocycles. The van der Waals surface area contributed by atoms with Gasteiger partial charge in [-0.2, -0.15) is 0 Å². The molecule has 30 atom stereocenters. The van der Waals surface area contributed by atoms with E-state index < -0.39 is 312 Å². The van der Waals surface area contributed by atoms with Gasteiger partial charge in [0.15, 0.2) is 107 Å². The molecule has 0 bridgehead atoms. The number of methoxy groups -OCH3 is 6. The number of phosphoric acid groups is 3. The van der Waals surface area contributed by atoms with Crippen LogP contribution in [0.3, 0.4) is 0 Å². The summed E-state index contributed by atoms with van der Waals surface area (Å²) in [5.41, 5.74) is 0.269. The normalized spacial score (nSPS) is 39.6. The molecule has 0 spiro atoms. The van der Waals surface area contributed by atoms with E-state index in [4.69, 9.17) is 159 Å². The van der Waals surface area contributed by atoms with Crippen molar-refractivity contribution in [3.8, 4) is 86.2 Å². The molecule has 3 aliphatic carbocycles. The Morgan fingerprint density at radius 3 is 0.978 bits per heavy atom. The maximum atomic E-state index is 13.8. The lowest BCUT2D eigenvalue weighted by Gasteiger charge is -2.47. The van der Waals surface area contributed by atoms with E-state index in [9.17, 15) is 90.8 Å². The molecule has 138 heavy (non-hydrogen) atoms. The Labute approximate surface area is 808 Å². The number of fused-ring (bicyclic) bond motifs is 12. The second-order valence-electron chi connectivity index (χ2n) is 32.9. The van der Waals surface area contributed by atoms with Crippen LogP contribution in [0, 0.1) is 35.5 Å². The van der Waals surface area contributed by atoms with Crippen LogP contribution in [0.4, 0.5) is 0 Å². The van der Waals surface area contributed by atoms with Gasteiger partial charge in [-0.25, -0.2) is 13.7 Å². The molecule has 0 amide bonds. The number of ether oxygens (including phenoxy) is 27. The topological polar surface area (TPSA) is 622 Å². The summed E-state index contributed by atoms with van der Waals surface area (Å²) in [5.74, 6) is -22.2. The molecular formula is C87H99O48P3. The van der Waals surface area contributed by atoms with Gasteiger partial charge < -0.3 is 172 Å². The Balaban J connectivity index is 0.000000146. The van der Waals surface area contributed by atoms with Crippen LogP contribution >= 0.6 is 23.5 Å². The Morgan fingerprint density at radius 2 is 0.638 bits per heavy atom. The number of benzene rings is 6. The van der Waals surface area contributed by atoms with E-state index in [1.165, 1.54) is 89.6 Å². The second kappa shape index (κ2) is 38.4. The molecule has 15 aliphatic rings. The summed E-state index contributed by atoms with van der Waals surface area (Å²) in [6, 6.07) is 15.2. The average molecular weight is 2020 g/mol. The number of carbonyl (C=O) groups is 3. The van der Waals surface area contributed by atoms with Crippen LogP contribution in [0.1, 0.15) is 132 Å². The fourth-order valence-electron chi connectivity index (χ4n) is 19.0. The molecule has 0 saturated carbocycles. The van der Waals surface area contributed by atoms with Crippen molar-refractivity contribution in [3.05, 3.63) is 123 Å². The lowest BCUT2D eigenvalue weighted by molar-refractivity contribution is -0.364. The number of aliphatic hydroxyl groups excluding tert-OH is 6. The molecule has 12 N–H and O–H groups in total. The van der Waals surface area contributed by atoms with Crippen molar-refractivity contribution in [2.24, 2.45) is 35.5 Å². The average Bonchev–Trinajstić information content (AvgIpc) is 1.51. The lowest BCUT2D eigenvalue weighted by Crippen LogP contribution is -2.63. The zero-order valence-electron chi connectivity index (χ0n) is 90.3. The van der Waals surface area contributed by atoms with Crippen LogP contribution in [0.15, 0.2) is 72.8 Å². The van der Waals surface area contributed by atoms with Gasteiger partial charge in [0.2, 0.25) is 37.6 Å². The Kier molecular flexibility index (Phi) is 21.5. The molecule has 6 aromatic rings. The highest BCUT2D eigenvalue weighted by Crippen LogP contribution is 2.64. The zero-order chi connectivity index (χ0) is 113. The molecule has 48 nitrogen and oxygen atoms in total. The van der Waals surface area contributed by atoms with Crippen LogP contribution in [-0.2, 0) is 99.1 Å². The van der Waals surface area contributed by atoms with E-state index in [1.807, 2.05) is 0 Å². The van der Waals surface area contributed by atoms with E-state index in [-0.39, 0.29) is 117 Å². The number of phosphoric ester groups is 3. The third-order valence-corrected chi connectivity index (χ3v) is 26.1. The third kappa shape index (κ3) is 18.3. The molecular weight excluding hydrogens is 1910 g/mol. The van der Waals surface area contributed by atoms with E-state index in [0.717, 1.165) is 26.4 Å². The molecule has 750 valence electrons. The minimum atomic E-state index is -5.57. The van der Waals surface area contributed by atoms with E-state index in [2.05, 4.69) is 4.52 Å². The molecule has 12 aliphatic heterocycles. The van der Waals surface area contributed by atoms with Crippen molar-refractivity contribution in [1.29, 1.82) is 0 Å². The summed E-state index contributed by atoms with van der Waals surface area (Å²) in [5, 5.41) is 66.6. The quantitative estimate of drug-likeness (QED) is 0.0279. The van der Waals surface area contributed by atoms with Crippen LogP contribution in [0.25, 0.3) is 0 Å². The summed E-state index contributed by atoms with van der Waals surface area (Å²) in [7, 11) is -17.8. The van der Waals surface area contributed by atoms with Crippen molar-refractivity contribution in [3.63, 3.8) is 0 Å². The Hall–Kier alpha value is -9.54. The maximum Gasteiger partial charge on any atom is 0.525 e. The van der Waals surface area contributed by atoms with Crippen molar-refractivity contribution in [1.82, 2.24) is 0 Å². The van der Waals surface area contributed by atoms with Gasteiger partial charge in [0.25, 0.3) is 0 Å². The fourth-order valence-corrected chi connectivity index (χ4v) is 20.3. The first-order valence-corrected chi connectivity index (χ1v) is 46.5. The Bertz CT molecular complexity index is 6580. The minimum absolute atomic E-state index is 0.0161. The van der Waals surface area contributed by atoms with Gasteiger partial charge >= 0.3 is 41.4 Å². The summed E-state index contributed by atoms with van der Waals surface area (Å²) in [4.78, 5) is 98.7. The van der Waals surface area contributed by atoms with Gasteiger partial charge in [0.05, 0.1) is 140 Å².